The molecule has 2 fully saturated rings. The lowest BCUT2D eigenvalue weighted by Crippen LogP contribution is -2.58. The SMILES string of the molecule is CO[C@H]1CCN(CC(=O)Nc2ccc(Cl)cc2)C[C@]12CCCO2. The van der Waals surface area contributed by atoms with Gasteiger partial charge in [0.05, 0.1) is 12.6 Å². The van der Waals surface area contributed by atoms with E-state index in [4.69, 9.17) is 21.1 Å². The van der Waals surface area contributed by atoms with Crippen LogP contribution in [0.4, 0.5) is 5.69 Å². The summed E-state index contributed by atoms with van der Waals surface area (Å²) in [6.45, 7) is 2.74. The molecule has 2 saturated heterocycles. The van der Waals surface area contributed by atoms with Crippen LogP contribution >= 0.6 is 11.6 Å². The maximum atomic E-state index is 12.3. The minimum Gasteiger partial charge on any atom is -0.378 e. The molecule has 0 saturated carbocycles. The summed E-state index contributed by atoms with van der Waals surface area (Å²) in [6.07, 6.45) is 3.08. The van der Waals surface area contributed by atoms with Gasteiger partial charge in [0.25, 0.3) is 0 Å². The number of ether oxygens (including phenoxy) is 2. The molecule has 2 heterocycles. The molecular formula is C17H23ClN2O3. The summed E-state index contributed by atoms with van der Waals surface area (Å²) in [5.41, 5.74) is 0.520. The van der Waals surface area contributed by atoms with Gasteiger partial charge in [-0.05, 0) is 43.5 Å². The fourth-order valence-electron chi connectivity index (χ4n) is 3.62. The molecule has 2 aliphatic heterocycles. The van der Waals surface area contributed by atoms with Gasteiger partial charge in [0.15, 0.2) is 0 Å². The van der Waals surface area contributed by atoms with Crippen LogP contribution in [0.1, 0.15) is 19.3 Å². The van der Waals surface area contributed by atoms with Crippen LogP contribution in [0.25, 0.3) is 0 Å². The van der Waals surface area contributed by atoms with Gasteiger partial charge in [-0.1, -0.05) is 11.6 Å². The van der Waals surface area contributed by atoms with Gasteiger partial charge in [-0.25, -0.2) is 0 Å². The van der Waals surface area contributed by atoms with Crippen LogP contribution in [0.15, 0.2) is 24.3 Å². The van der Waals surface area contributed by atoms with Crippen molar-refractivity contribution < 1.29 is 14.3 Å². The minimum atomic E-state index is -0.243. The summed E-state index contributed by atoms with van der Waals surface area (Å²) in [7, 11) is 1.75. The maximum Gasteiger partial charge on any atom is 0.238 e. The number of hydrogen-bond acceptors (Lipinski definition) is 4. The number of nitrogens with zero attached hydrogens (tertiary/aromatic N) is 1. The number of carbonyl (C=O) groups is 1. The Morgan fingerprint density at radius 1 is 1.48 bits per heavy atom. The molecule has 1 aromatic rings. The highest BCUT2D eigenvalue weighted by atomic mass is 35.5. The standard InChI is InChI=1S/C17H23ClN2O3/c1-22-15-7-9-20(12-17(15)8-2-10-23-17)11-16(21)19-14-5-3-13(18)4-6-14/h3-6,15H,2,7-12H2,1H3,(H,19,21)/t15-,17+/m0/s1. The van der Waals surface area contributed by atoms with Crippen molar-refractivity contribution >= 4 is 23.2 Å². The lowest BCUT2D eigenvalue weighted by Gasteiger charge is -2.44. The first-order valence-corrected chi connectivity index (χ1v) is 8.44. The second-order valence-electron chi connectivity index (χ2n) is 6.30. The van der Waals surface area contributed by atoms with Gasteiger partial charge in [-0.15, -0.1) is 0 Å². The Morgan fingerprint density at radius 2 is 2.26 bits per heavy atom. The number of amides is 1. The smallest absolute Gasteiger partial charge is 0.238 e. The Morgan fingerprint density at radius 3 is 2.91 bits per heavy atom. The van der Waals surface area contributed by atoms with E-state index >= 15 is 0 Å². The van der Waals surface area contributed by atoms with Crippen molar-refractivity contribution in [3.05, 3.63) is 29.3 Å². The van der Waals surface area contributed by atoms with Crippen molar-refractivity contribution in [3.8, 4) is 0 Å². The molecular weight excluding hydrogens is 316 g/mol. The van der Waals surface area contributed by atoms with E-state index in [1.807, 2.05) is 0 Å². The normalized spacial score (nSPS) is 28.2. The van der Waals surface area contributed by atoms with Gasteiger partial charge in [0.2, 0.25) is 5.91 Å². The molecule has 1 N–H and O–H groups in total. The molecule has 5 nitrogen and oxygen atoms in total. The zero-order valence-electron chi connectivity index (χ0n) is 13.4. The van der Waals surface area contributed by atoms with E-state index in [1.165, 1.54) is 0 Å². The Bertz CT molecular complexity index is 543. The van der Waals surface area contributed by atoms with E-state index in [0.29, 0.717) is 11.6 Å². The van der Waals surface area contributed by atoms with Crippen LogP contribution in [0.2, 0.25) is 5.02 Å². The number of rotatable bonds is 4. The van der Waals surface area contributed by atoms with Gasteiger partial charge in [0, 0.05) is 37.5 Å². The molecule has 6 heteroatoms. The molecule has 1 amide bonds. The first-order valence-electron chi connectivity index (χ1n) is 8.06. The summed E-state index contributed by atoms with van der Waals surface area (Å²) in [5, 5.41) is 3.57. The number of likely N-dealkylation sites (tertiary alicyclic amines) is 1. The summed E-state index contributed by atoms with van der Waals surface area (Å²) < 4.78 is 11.6. The topological polar surface area (TPSA) is 50.8 Å². The maximum absolute atomic E-state index is 12.3. The molecule has 23 heavy (non-hydrogen) atoms. The van der Waals surface area contributed by atoms with Crippen molar-refractivity contribution in [2.24, 2.45) is 0 Å². The second kappa shape index (κ2) is 7.18. The van der Waals surface area contributed by atoms with Crippen LogP contribution in [0.5, 0.6) is 0 Å². The van der Waals surface area contributed by atoms with E-state index in [1.54, 1.807) is 31.4 Å². The third-order valence-electron chi connectivity index (χ3n) is 4.70. The fraction of sp³-hybridized carbons (Fsp3) is 0.588. The second-order valence-corrected chi connectivity index (χ2v) is 6.73. The molecule has 0 aromatic heterocycles. The average Bonchev–Trinajstić information content (AvgIpc) is 2.98. The van der Waals surface area contributed by atoms with Gasteiger partial charge < -0.3 is 14.8 Å². The molecule has 2 atom stereocenters. The third-order valence-corrected chi connectivity index (χ3v) is 4.95. The molecule has 126 valence electrons. The Kier molecular flexibility index (Phi) is 5.21. The largest absolute Gasteiger partial charge is 0.378 e. The molecule has 0 bridgehead atoms. The highest BCUT2D eigenvalue weighted by molar-refractivity contribution is 6.30. The molecule has 0 aliphatic carbocycles. The van der Waals surface area contributed by atoms with E-state index < -0.39 is 0 Å². The number of benzene rings is 1. The number of halogens is 1. The zero-order valence-corrected chi connectivity index (χ0v) is 14.1. The molecule has 0 radical (unpaired) electrons. The van der Waals surface area contributed by atoms with Crippen molar-refractivity contribution in [2.45, 2.75) is 31.0 Å². The van der Waals surface area contributed by atoms with Gasteiger partial charge >= 0.3 is 0 Å². The van der Waals surface area contributed by atoms with Gasteiger partial charge in [-0.3, -0.25) is 9.69 Å². The Labute approximate surface area is 141 Å². The van der Waals surface area contributed by atoms with Gasteiger partial charge in [0.1, 0.15) is 5.60 Å². The van der Waals surface area contributed by atoms with E-state index in [-0.39, 0.29) is 17.6 Å². The number of nitrogens with one attached hydrogen (secondary N) is 1. The van der Waals surface area contributed by atoms with Crippen LogP contribution < -0.4 is 5.32 Å². The molecule has 0 unspecified atom stereocenters. The van der Waals surface area contributed by atoms with E-state index in [9.17, 15) is 4.79 Å². The Balaban J connectivity index is 1.57. The zero-order chi connectivity index (χ0) is 16.3. The number of piperidine rings is 1. The summed E-state index contributed by atoms with van der Waals surface area (Å²) in [6, 6.07) is 7.14. The lowest BCUT2D eigenvalue weighted by molar-refractivity contribution is -0.146. The minimum absolute atomic E-state index is 0.0173. The van der Waals surface area contributed by atoms with Crippen molar-refractivity contribution in [1.82, 2.24) is 4.90 Å². The molecule has 2 aliphatic rings. The monoisotopic (exact) mass is 338 g/mol. The molecule has 3 rings (SSSR count). The fourth-order valence-corrected chi connectivity index (χ4v) is 3.75. The summed E-state index contributed by atoms with van der Waals surface area (Å²) in [5.74, 6) is -0.0173. The predicted octanol–water partition coefficient (Wildman–Crippen LogP) is 2.55. The van der Waals surface area contributed by atoms with Crippen molar-refractivity contribution in [2.75, 3.05) is 38.7 Å². The summed E-state index contributed by atoms with van der Waals surface area (Å²) >= 11 is 5.85. The predicted molar refractivity (Wildman–Crippen MR) is 89.9 cm³/mol. The number of hydrogen-bond donors (Lipinski definition) is 1. The van der Waals surface area contributed by atoms with Crippen LogP contribution in [-0.4, -0.2) is 55.9 Å². The first-order chi connectivity index (χ1) is 11.1. The molecule has 1 spiro atoms. The van der Waals surface area contributed by atoms with Crippen molar-refractivity contribution in [3.63, 3.8) is 0 Å². The average molecular weight is 339 g/mol. The van der Waals surface area contributed by atoms with Crippen LogP contribution in [0.3, 0.4) is 0 Å². The summed E-state index contributed by atoms with van der Waals surface area (Å²) in [4.78, 5) is 14.4. The number of carbonyl (C=O) groups excluding carboxylic acids is 1. The highest BCUT2D eigenvalue weighted by Gasteiger charge is 2.47. The van der Waals surface area contributed by atoms with E-state index in [0.717, 1.165) is 44.6 Å². The van der Waals surface area contributed by atoms with Crippen LogP contribution in [0, 0.1) is 0 Å². The van der Waals surface area contributed by atoms with Gasteiger partial charge in [-0.2, -0.15) is 0 Å². The van der Waals surface area contributed by atoms with E-state index in [2.05, 4.69) is 10.2 Å². The Hall–Kier alpha value is -1.14. The first kappa shape index (κ1) is 16.7. The van der Waals surface area contributed by atoms with Crippen molar-refractivity contribution in [1.29, 1.82) is 0 Å². The quantitative estimate of drug-likeness (QED) is 0.916. The third kappa shape index (κ3) is 3.86. The highest BCUT2D eigenvalue weighted by Crippen LogP contribution is 2.36. The van der Waals surface area contributed by atoms with Crippen LogP contribution in [-0.2, 0) is 14.3 Å². The molecule has 1 aromatic carbocycles. The number of anilines is 1. The number of methoxy groups -OCH3 is 1. The lowest BCUT2D eigenvalue weighted by atomic mass is 9.87.